The van der Waals surface area contributed by atoms with Crippen LogP contribution in [-0.4, -0.2) is 26.3 Å². The van der Waals surface area contributed by atoms with Gasteiger partial charge in [-0.1, -0.05) is 64.6 Å². The lowest BCUT2D eigenvalue weighted by atomic mass is 9.34. The number of aromatic nitrogens is 4. The zero-order valence-corrected chi connectivity index (χ0v) is 22.3. The second kappa shape index (κ2) is 9.17. The van der Waals surface area contributed by atoms with Gasteiger partial charge in [0.1, 0.15) is 0 Å². The largest absolute Gasteiger partial charge is 0.311 e. The van der Waals surface area contributed by atoms with Crippen molar-refractivity contribution in [2.45, 2.75) is 20.8 Å². The fraction of sp³-hybridized carbons (Fsp3) is 0.0909. The van der Waals surface area contributed by atoms with Gasteiger partial charge in [-0.15, -0.1) is 0 Å². The molecule has 39 heavy (non-hydrogen) atoms. The van der Waals surface area contributed by atoms with Crippen molar-refractivity contribution in [3.8, 4) is 11.4 Å². The average Bonchev–Trinajstić information content (AvgIpc) is 3.67. The number of hydrogen-bond acceptors (Lipinski definition) is 3. The van der Waals surface area contributed by atoms with E-state index in [0.717, 1.165) is 22.7 Å². The van der Waals surface area contributed by atoms with E-state index in [1.54, 1.807) is 0 Å². The molecule has 0 fully saturated rings. The highest BCUT2D eigenvalue weighted by molar-refractivity contribution is 6.98. The van der Waals surface area contributed by atoms with Gasteiger partial charge in [0.05, 0.1) is 11.4 Å². The first-order chi connectivity index (χ1) is 19.1. The predicted molar refractivity (Wildman–Crippen MR) is 161 cm³/mol. The first-order valence-corrected chi connectivity index (χ1v) is 13.3. The lowest BCUT2D eigenvalue weighted by Crippen LogP contribution is -2.58. The number of para-hydroxylation sites is 1. The van der Waals surface area contributed by atoms with E-state index in [0.29, 0.717) is 0 Å². The molecular formula is C33H28BN5. The summed E-state index contributed by atoms with van der Waals surface area (Å²) in [6.45, 7) is 6.79. The Morgan fingerprint density at radius 2 is 1.21 bits per heavy atom. The van der Waals surface area contributed by atoms with E-state index in [9.17, 15) is 0 Å². The maximum absolute atomic E-state index is 4.53. The third-order valence-corrected chi connectivity index (χ3v) is 7.71. The third-order valence-electron chi connectivity index (χ3n) is 7.71. The molecule has 2 aromatic heterocycles. The molecule has 6 aromatic rings. The quantitative estimate of drug-likeness (QED) is 0.306. The van der Waals surface area contributed by atoms with Crippen LogP contribution in [0.15, 0.2) is 116 Å². The zero-order valence-electron chi connectivity index (χ0n) is 22.3. The van der Waals surface area contributed by atoms with Gasteiger partial charge < -0.3 is 4.90 Å². The lowest BCUT2D eigenvalue weighted by Gasteiger charge is -2.38. The van der Waals surface area contributed by atoms with Crippen LogP contribution in [0.1, 0.15) is 16.7 Å². The van der Waals surface area contributed by atoms with Crippen molar-refractivity contribution in [3.05, 3.63) is 132 Å². The van der Waals surface area contributed by atoms with Crippen LogP contribution in [0.3, 0.4) is 0 Å². The van der Waals surface area contributed by atoms with Crippen molar-refractivity contribution >= 4 is 40.2 Å². The van der Waals surface area contributed by atoms with E-state index in [1.165, 1.54) is 38.8 Å². The fourth-order valence-corrected chi connectivity index (χ4v) is 6.20. The van der Waals surface area contributed by atoms with Crippen LogP contribution in [0.4, 0.5) is 17.1 Å². The minimum absolute atomic E-state index is 0.119. The van der Waals surface area contributed by atoms with Gasteiger partial charge in [0.2, 0.25) is 6.71 Å². The molecule has 0 amide bonds. The van der Waals surface area contributed by atoms with Gasteiger partial charge >= 0.3 is 0 Å². The molecule has 7 rings (SSSR count). The Balaban J connectivity index is 1.51. The van der Waals surface area contributed by atoms with Gasteiger partial charge in [0.25, 0.3) is 0 Å². The minimum Gasteiger partial charge on any atom is -0.311 e. The number of hydrogen-bond donors (Lipinski definition) is 0. The Morgan fingerprint density at radius 3 is 1.90 bits per heavy atom. The van der Waals surface area contributed by atoms with Crippen LogP contribution in [0.2, 0.25) is 0 Å². The number of nitrogens with zero attached hydrogens (tertiary/aromatic N) is 5. The molecule has 0 saturated heterocycles. The minimum atomic E-state index is 0.119. The van der Waals surface area contributed by atoms with Crippen LogP contribution >= 0.6 is 0 Å². The summed E-state index contributed by atoms with van der Waals surface area (Å²) in [6.07, 6.45) is 7.60. The number of fused-ring (bicyclic) bond motifs is 2. The molecule has 1 aliphatic heterocycles. The molecule has 0 spiro atoms. The van der Waals surface area contributed by atoms with Crippen molar-refractivity contribution in [3.63, 3.8) is 0 Å². The number of benzene rings is 4. The van der Waals surface area contributed by atoms with Gasteiger partial charge in [-0.3, -0.25) is 0 Å². The van der Waals surface area contributed by atoms with Crippen LogP contribution in [0, 0.1) is 20.8 Å². The molecule has 6 heteroatoms. The van der Waals surface area contributed by atoms with Crippen molar-refractivity contribution in [2.24, 2.45) is 0 Å². The molecule has 1 aliphatic rings. The molecule has 188 valence electrons. The summed E-state index contributed by atoms with van der Waals surface area (Å²) in [5.74, 6) is 0. The van der Waals surface area contributed by atoms with Crippen LogP contribution < -0.4 is 21.3 Å². The standard InChI is InChI=1S/C33H28BN5/c1-23-19-24(2)33(25(3)20-23)34-29-11-4-5-12-31(29)39(28-10-6-9-26(21-28)37-17-7-15-35-37)32-22-27(13-14-30(32)34)38-18-8-16-36-38/h4-22H,1-3H3. The summed E-state index contributed by atoms with van der Waals surface area (Å²) < 4.78 is 3.83. The van der Waals surface area contributed by atoms with Crippen LogP contribution in [0.5, 0.6) is 0 Å². The first-order valence-electron chi connectivity index (χ1n) is 13.3. The maximum Gasteiger partial charge on any atom is 0.247 e. The summed E-state index contributed by atoms with van der Waals surface area (Å²) >= 11 is 0. The Kier molecular flexibility index (Phi) is 5.48. The number of anilines is 3. The first kappa shape index (κ1) is 23.3. The molecule has 0 aliphatic carbocycles. The average molecular weight is 505 g/mol. The highest BCUT2D eigenvalue weighted by Crippen LogP contribution is 2.37. The molecule has 0 atom stereocenters. The summed E-state index contributed by atoms with van der Waals surface area (Å²) in [6, 6.07) is 32.7. The van der Waals surface area contributed by atoms with E-state index < -0.39 is 0 Å². The van der Waals surface area contributed by atoms with Crippen molar-refractivity contribution in [1.82, 2.24) is 19.6 Å². The number of rotatable bonds is 4. The highest BCUT2D eigenvalue weighted by atomic mass is 15.3. The van der Waals surface area contributed by atoms with Crippen molar-refractivity contribution in [2.75, 3.05) is 4.90 Å². The maximum atomic E-state index is 4.53. The molecule has 5 nitrogen and oxygen atoms in total. The molecule has 3 heterocycles. The molecule has 0 unspecified atom stereocenters. The van der Waals surface area contributed by atoms with Crippen molar-refractivity contribution in [1.29, 1.82) is 0 Å². The summed E-state index contributed by atoms with van der Waals surface area (Å²) in [7, 11) is 0. The second-order valence-corrected chi connectivity index (χ2v) is 10.3. The monoisotopic (exact) mass is 505 g/mol. The Bertz CT molecular complexity index is 1780. The van der Waals surface area contributed by atoms with E-state index in [2.05, 4.69) is 115 Å². The van der Waals surface area contributed by atoms with Gasteiger partial charge in [0, 0.05) is 41.8 Å². The van der Waals surface area contributed by atoms with Crippen molar-refractivity contribution < 1.29 is 0 Å². The fourth-order valence-electron chi connectivity index (χ4n) is 6.20. The number of aryl methyl sites for hydroxylation is 3. The summed E-state index contributed by atoms with van der Waals surface area (Å²) in [5, 5.41) is 9.00. The van der Waals surface area contributed by atoms with E-state index in [4.69, 9.17) is 0 Å². The van der Waals surface area contributed by atoms with Gasteiger partial charge in [-0.25, -0.2) is 9.36 Å². The molecular weight excluding hydrogens is 477 g/mol. The van der Waals surface area contributed by atoms with Crippen LogP contribution in [0.25, 0.3) is 11.4 Å². The topological polar surface area (TPSA) is 38.9 Å². The molecule has 0 bridgehead atoms. The second-order valence-electron chi connectivity index (χ2n) is 10.3. The Hall–Kier alpha value is -4.84. The van der Waals surface area contributed by atoms with E-state index in [1.807, 2.05) is 46.3 Å². The van der Waals surface area contributed by atoms with Gasteiger partial charge in [-0.05, 0) is 80.2 Å². The predicted octanol–water partition coefficient (Wildman–Crippen LogP) is 5.28. The van der Waals surface area contributed by atoms with Gasteiger partial charge in [0.15, 0.2) is 0 Å². The zero-order chi connectivity index (χ0) is 26.5. The summed E-state index contributed by atoms with van der Waals surface area (Å²) in [4.78, 5) is 2.39. The molecule has 0 N–H and O–H groups in total. The molecule has 4 aromatic carbocycles. The van der Waals surface area contributed by atoms with Gasteiger partial charge in [-0.2, -0.15) is 10.2 Å². The smallest absolute Gasteiger partial charge is 0.247 e. The normalized spacial score (nSPS) is 12.4. The van der Waals surface area contributed by atoms with Crippen LogP contribution in [-0.2, 0) is 0 Å². The molecule has 0 radical (unpaired) electrons. The van der Waals surface area contributed by atoms with E-state index in [-0.39, 0.29) is 6.71 Å². The summed E-state index contributed by atoms with van der Waals surface area (Å²) in [5.41, 5.74) is 13.4. The lowest BCUT2D eigenvalue weighted by molar-refractivity contribution is 0.879. The SMILES string of the molecule is Cc1cc(C)c(B2c3ccccc3N(c3cccc(-n4cccn4)c3)c3cc(-n4cccn4)ccc32)c(C)c1. The third kappa shape index (κ3) is 3.88. The molecule has 0 saturated carbocycles. The Labute approximate surface area is 229 Å². The highest BCUT2D eigenvalue weighted by Gasteiger charge is 2.37. The van der Waals surface area contributed by atoms with E-state index >= 15 is 0 Å². The Morgan fingerprint density at radius 1 is 0.564 bits per heavy atom.